The van der Waals surface area contributed by atoms with Crippen molar-refractivity contribution in [3.63, 3.8) is 0 Å². The van der Waals surface area contributed by atoms with E-state index in [0.717, 1.165) is 0 Å². The number of rotatable bonds is 6. The first-order chi connectivity index (χ1) is 13.0. The van der Waals surface area contributed by atoms with Crippen LogP contribution in [0.5, 0.6) is 34.5 Å². The lowest BCUT2D eigenvalue weighted by Gasteiger charge is -2.14. The summed E-state index contributed by atoms with van der Waals surface area (Å²) >= 11 is 0. The Morgan fingerprint density at radius 3 is 1.37 bits per heavy atom. The molecule has 3 aromatic rings. The average Bonchev–Trinajstić information content (AvgIpc) is 2.64. The van der Waals surface area contributed by atoms with Gasteiger partial charge in [-0.1, -0.05) is 0 Å². The summed E-state index contributed by atoms with van der Waals surface area (Å²) in [5.41, 5.74) is 19.2. The summed E-state index contributed by atoms with van der Waals surface area (Å²) in [6.45, 7) is 0. The highest BCUT2D eigenvalue weighted by Crippen LogP contribution is 2.38. The normalized spacial score (nSPS) is 10.3. The van der Waals surface area contributed by atoms with E-state index in [1.54, 1.807) is 68.8 Å². The molecule has 3 rings (SSSR count). The Hall–Kier alpha value is -3.74. The van der Waals surface area contributed by atoms with E-state index in [1.807, 2.05) is 0 Å². The van der Waals surface area contributed by atoms with E-state index in [4.69, 9.17) is 36.1 Å². The first-order valence-electron chi connectivity index (χ1n) is 8.12. The number of hydrogen-bond donors (Lipinski definition) is 3. The summed E-state index contributed by atoms with van der Waals surface area (Å²) in [6.07, 6.45) is 0. The van der Waals surface area contributed by atoms with E-state index in [1.165, 1.54) is 0 Å². The lowest BCUT2D eigenvalue weighted by atomic mass is 10.2. The highest BCUT2D eigenvalue weighted by Gasteiger charge is 2.11. The Morgan fingerprint density at radius 2 is 0.963 bits per heavy atom. The van der Waals surface area contributed by atoms with Crippen molar-refractivity contribution in [2.75, 3.05) is 31.4 Å². The Balaban J connectivity index is 1.89. The molecule has 7 nitrogen and oxygen atoms in total. The Morgan fingerprint density at radius 1 is 0.519 bits per heavy atom. The van der Waals surface area contributed by atoms with Crippen LogP contribution in [0, 0.1) is 0 Å². The van der Waals surface area contributed by atoms with Gasteiger partial charge in [0.25, 0.3) is 0 Å². The molecule has 0 bridgehead atoms. The smallest absolute Gasteiger partial charge is 0.169 e. The third kappa shape index (κ3) is 4.27. The minimum atomic E-state index is 0.478. The molecule has 3 aromatic carbocycles. The molecule has 0 spiro atoms. The maximum atomic E-state index is 5.99. The quantitative estimate of drug-likeness (QED) is 0.563. The van der Waals surface area contributed by atoms with Gasteiger partial charge in [-0.2, -0.15) is 0 Å². The lowest BCUT2D eigenvalue weighted by molar-refractivity contribution is 0.373. The molecule has 0 atom stereocenters. The molecule has 0 heterocycles. The molecule has 0 aliphatic heterocycles. The zero-order chi connectivity index (χ0) is 19.4. The predicted molar refractivity (Wildman–Crippen MR) is 106 cm³/mol. The van der Waals surface area contributed by atoms with Gasteiger partial charge in [-0.05, 0) is 24.3 Å². The SMILES string of the molecule is COc1cc(N)ccc1Oc1cc(N)cc(Oc2ccc(N)cc2OC)c1. The molecule has 0 amide bonds. The molecule has 140 valence electrons. The molecule has 0 aliphatic carbocycles. The van der Waals surface area contributed by atoms with Crippen molar-refractivity contribution in [3.8, 4) is 34.5 Å². The Bertz CT molecular complexity index is 886. The van der Waals surface area contributed by atoms with Crippen molar-refractivity contribution in [2.45, 2.75) is 0 Å². The minimum Gasteiger partial charge on any atom is -0.493 e. The summed E-state index contributed by atoms with van der Waals surface area (Å²) in [5, 5.41) is 0. The van der Waals surface area contributed by atoms with Gasteiger partial charge in [0.05, 0.1) is 14.2 Å². The van der Waals surface area contributed by atoms with E-state index < -0.39 is 0 Å². The summed E-state index contributed by atoms with van der Waals surface area (Å²) in [4.78, 5) is 0. The van der Waals surface area contributed by atoms with Crippen LogP contribution in [0.15, 0.2) is 54.6 Å². The lowest BCUT2D eigenvalue weighted by Crippen LogP contribution is -1.96. The Kier molecular flexibility index (Phi) is 5.12. The molecular formula is C20H21N3O4. The molecule has 0 saturated heterocycles. The van der Waals surface area contributed by atoms with Crippen LogP contribution in [0.3, 0.4) is 0 Å². The number of nitrogen functional groups attached to an aromatic ring is 3. The number of methoxy groups -OCH3 is 2. The van der Waals surface area contributed by atoms with Crippen LogP contribution in [-0.2, 0) is 0 Å². The summed E-state index contributed by atoms with van der Waals surface area (Å²) < 4.78 is 22.4. The molecular weight excluding hydrogens is 346 g/mol. The van der Waals surface area contributed by atoms with Crippen LogP contribution in [0.2, 0.25) is 0 Å². The average molecular weight is 367 g/mol. The van der Waals surface area contributed by atoms with E-state index in [-0.39, 0.29) is 0 Å². The Labute approximate surface area is 157 Å². The second-order valence-electron chi connectivity index (χ2n) is 5.76. The van der Waals surface area contributed by atoms with Crippen LogP contribution >= 0.6 is 0 Å². The molecule has 6 N–H and O–H groups in total. The predicted octanol–water partition coefficient (Wildman–Crippen LogP) is 4.04. The molecule has 0 aliphatic rings. The van der Waals surface area contributed by atoms with Gasteiger partial charge < -0.3 is 36.1 Å². The van der Waals surface area contributed by atoms with E-state index in [2.05, 4.69) is 0 Å². The second-order valence-corrected chi connectivity index (χ2v) is 5.76. The number of hydrogen-bond acceptors (Lipinski definition) is 7. The summed E-state index contributed by atoms with van der Waals surface area (Å²) in [6, 6.07) is 15.3. The maximum absolute atomic E-state index is 5.99. The van der Waals surface area contributed by atoms with Gasteiger partial charge in [-0.25, -0.2) is 0 Å². The third-order valence-electron chi connectivity index (χ3n) is 3.73. The van der Waals surface area contributed by atoms with Gasteiger partial charge in [0.1, 0.15) is 11.5 Å². The van der Waals surface area contributed by atoms with Crippen molar-refractivity contribution < 1.29 is 18.9 Å². The van der Waals surface area contributed by atoms with E-state index in [9.17, 15) is 0 Å². The van der Waals surface area contributed by atoms with E-state index >= 15 is 0 Å². The monoisotopic (exact) mass is 367 g/mol. The molecule has 7 heteroatoms. The molecule has 0 aromatic heterocycles. The number of nitrogens with two attached hydrogens (primary N) is 3. The van der Waals surface area contributed by atoms with Crippen LogP contribution in [0.4, 0.5) is 17.1 Å². The van der Waals surface area contributed by atoms with Crippen LogP contribution in [-0.4, -0.2) is 14.2 Å². The van der Waals surface area contributed by atoms with Gasteiger partial charge >= 0.3 is 0 Å². The molecule has 0 unspecified atom stereocenters. The minimum absolute atomic E-state index is 0.478. The topological polar surface area (TPSA) is 115 Å². The van der Waals surface area contributed by atoms with Gasteiger partial charge in [-0.3, -0.25) is 0 Å². The van der Waals surface area contributed by atoms with Crippen molar-refractivity contribution >= 4 is 17.1 Å². The number of ether oxygens (including phenoxy) is 4. The standard InChI is InChI=1S/C20H21N3O4/c1-24-19-9-12(21)3-5-17(19)26-15-7-14(23)8-16(11-15)27-18-6-4-13(22)10-20(18)25-2/h3-11H,21-23H2,1-2H3. The van der Waals surface area contributed by atoms with Crippen LogP contribution in [0.25, 0.3) is 0 Å². The molecule has 27 heavy (non-hydrogen) atoms. The molecule has 0 fully saturated rings. The fourth-order valence-electron chi connectivity index (χ4n) is 2.50. The van der Waals surface area contributed by atoms with Gasteiger partial charge in [0, 0.05) is 47.4 Å². The highest BCUT2D eigenvalue weighted by atomic mass is 16.5. The maximum Gasteiger partial charge on any atom is 0.169 e. The van der Waals surface area contributed by atoms with Crippen molar-refractivity contribution in [1.82, 2.24) is 0 Å². The highest BCUT2D eigenvalue weighted by molar-refractivity contribution is 5.57. The zero-order valence-electron chi connectivity index (χ0n) is 15.1. The first kappa shape index (κ1) is 18.1. The zero-order valence-corrected chi connectivity index (χ0v) is 15.1. The molecule has 0 saturated carbocycles. The fourth-order valence-corrected chi connectivity index (χ4v) is 2.50. The van der Waals surface area contributed by atoms with Gasteiger partial charge in [0.2, 0.25) is 0 Å². The summed E-state index contributed by atoms with van der Waals surface area (Å²) in [5.74, 6) is 3.02. The summed E-state index contributed by atoms with van der Waals surface area (Å²) in [7, 11) is 3.09. The van der Waals surface area contributed by atoms with Crippen molar-refractivity contribution in [2.24, 2.45) is 0 Å². The van der Waals surface area contributed by atoms with Gasteiger partial charge in [0.15, 0.2) is 23.0 Å². The number of benzene rings is 3. The fraction of sp³-hybridized carbons (Fsp3) is 0.100. The van der Waals surface area contributed by atoms with E-state index in [0.29, 0.717) is 51.6 Å². The second kappa shape index (κ2) is 7.65. The van der Waals surface area contributed by atoms with Crippen molar-refractivity contribution in [1.29, 1.82) is 0 Å². The van der Waals surface area contributed by atoms with Crippen LogP contribution in [0.1, 0.15) is 0 Å². The van der Waals surface area contributed by atoms with Gasteiger partial charge in [-0.15, -0.1) is 0 Å². The number of anilines is 3. The molecule has 0 radical (unpaired) electrons. The van der Waals surface area contributed by atoms with Crippen LogP contribution < -0.4 is 36.1 Å². The first-order valence-corrected chi connectivity index (χ1v) is 8.12. The third-order valence-corrected chi connectivity index (χ3v) is 3.73. The largest absolute Gasteiger partial charge is 0.493 e. The van der Waals surface area contributed by atoms with Crippen molar-refractivity contribution in [3.05, 3.63) is 54.6 Å².